The summed E-state index contributed by atoms with van der Waals surface area (Å²) in [6.07, 6.45) is 2.45. The molecule has 1 aliphatic heterocycles. The highest BCUT2D eigenvalue weighted by Gasteiger charge is 2.25. The molecule has 0 amide bonds. The van der Waals surface area contributed by atoms with Crippen LogP contribution in [0.5, 0.6) is 0 Å². The minimum absolute atomic E-state index is 0.217. The Morgan fingerprint density at radius 2 is 2.08 bits per heavy atom. The van der Waals surface area contributed by atoms with Crippen LogP contribution in [0.25, 0.3) is 0 Å². The van der Waals surface area contributed by atoms with Crippen LogP contribution in [0.1, 0.15) is 38.7 Å². The van der Waals surface area contributed by atoms with Gasteiger partial charge in [-0.15, -0.1) is 0 Å². The van der Waals surface area contributed by atoms with E-state index in [0.29, 0.717) is 25.3 Å². The number of carboxylic acids is 1. The van der Waals surface area contributed by atoms with E-state index in [2.05, 4.69) is 30.7 Å². The minimum Gasteiger partial charge on any atom is -0.481 e. The molecule has 1 heterocycles. The molecule has 1 aromatic rings. The Bertz CT molecular complexity index is 556. The molecule has 0 spiro atoms. The zero-order chi connectivity index (χ0) is 17.7. The molecule has 24 heavy (non-hydrogen) atoms. The number of piperidine rings is 1. The zero-order valence-corrected chi connectivity index (χ0v) is 15.0. The smallest absolute Gasteiger partial charge is 0.306 e. The van der Waals surface area contributed by atoms with Crippen molar-refractivity contribution in [2.45, 2.75) is 39.7 Å². The van der Waals surface area contributed by atoms with Crippen molar-refractivity contribution < 1.29 is 14.3 Å². The van der Waals surface area contributed by atoms with Crippen LogP contribution in [-0.4, -0.2) is 42.7 Å². The van der Waals surface area contributed by atoms with E-state index in [1.54, 1.807) is 6.07 Å². The molecule has 134 valence electrons. The van der Waals surface area contributed by atoms with Gasteiger partial charge in [0.1, 0.15) is 5.82 Å². The molecular weight excluding hydrogens is 307 g/mol. The molecule has 4 nitrogen and oxygen atoms in total. The van der Waals surface area contributed by atoms with Gasteiger partial charge in [0.05, 0.1) is 5.92 Å². The maximum absolute atomic E-state index is 13.7. The van der Waals surface area contributed by atoms with Crippen LogP contribution >= 0.6 is 0 Å². The largest absolute Gasteiger partial charge is 0.481 e. The molecule has 1 aromatic carbocycles. The molecule has 2 rings (SSSR count). The molecule has 5 heteroatoms. The normalized spacial score (nSPS) is 17.7. The number of hydrogen-bond donors (Lipinski definition) is 1. The highest BCUT2D eigenvalue weighted by molar-refractivity contribution is 5.70. The number of rotatable bonds is 7. The third-order valence-corrected chi connectivity index (χ3v) is 5.07. The van der Waals surface area contributed by atoms with Crippen molar-refractivity contribution in [3.05, 3.63) is 29.6 Å². The van der Waals surface area contributed by atoms with E-state index in [1.807, 2.05) is 6.07 Å². The van der Waals surface area contributed by atoms with Gasteiger partial charge in [0.2, 0.25) is 0 Å². The Balaban J connectivity index is 2.06. The predicted molar refractivity (Wildman–Crippen MR) is 94.8 cm³/mol. The Kier molecular flexibility index (Phi) is 6.60. The molecule has 0 bridgehead atoms. The monoisotopic (exact) mass is 336 g/mol. The minimum atomic E-state index is -0.700. The number of carbonyl (C=O) groups is 1. The molecule has 0 radical (unpaired) electrons. The molecule has 1 atom stereocenters. The van der Waals surface area contributed by atoms with Crippen molar-refractivity contribution in [3.63, 3.8) is 0 Å². The van der Waals surface area contributed by atoms with Gasteiger partial charge in [-0.1, -0.05) is 20.3 Å². The molecule has 0 aromatic heterocycles. The standard InChI is InChI=1S/C19H29FN2O2/c1-4-14(2)12-21(3)18-6-5-17(20)11-16(18)13-22-9-7-15(8-10-22)19(23)24/h5-6,11,14-15H,4,7-10,12-13H2,1-3H3,(H,23,24). The molecule has 1 saturated heterocycles. The lowest BCUT2D eigenvalue weighted by molar-refractivity contribution is -0.143. The van der Waals surface area contributed by atoms with E-state index in [4.69, 9.17) is 5.11 Å². The second-order valence-electron chi connectivity index (χ2n) is 7.06. The predicted octanol–water partition coefficient (Wildman–Crippen LogP) is 3.60. The van der Waals surface area contributed by atoms with Crippen LogP contribution in [0.15, 0.2) is 18.2 Å². The van der Waals surface area contributed by atoms with Crippen molar-refractivity contribution in [2.24, 2.45) is 11.8 Å². The molecular formula is C19H29FN2O2. The van der Waals surface area contributed by atoms with Gasteiger partial charge in [0.15, 0.2) is 0 Å². The summed E-state index contributed by atoms with van der Waals surface area (Å²) in [5, 5.41) is 9.10. The fourth-order valence-corrected chi connectivity index (χ4v) is 3.33. The first-order valence-corrected chi connectivity index (χ1v) is 8.85. The van der Waals surface area contributed by atoms with Crippen molar-refractivity contribution in [1.29, 1.82) is 0 Å². The van der Waals surface area contributed by atoms with E-state index in [1.165, 1.54) is 6.07 Å². The Morgan fingerprint density at radius 1 is 1.42 bits per heavy atom. The number of carboxylic acid groups (broad SMARTS) is 1. The van der Waals surface area contributed by atoms with Crippen molar-refractivity contribution in [3.8, 4) is 0 Å². The summed E-state index contributed by atoms with van der Waals surface area (Å²) in [5.74, 6) is -0.569. The maximum Gasteiger partial charge on any atom is 0.306 e. The lowest BCUT2D eigenvalue weighted by Crippen LogP contribution is -2.36. The number of aliphatic carboxylic acids is 1. The first-order valence-electron chi connectivity index (χ1n) is 8.85. The second kappa shape index (κ2) is 8.47. The van der Waals surface area contributed by atoms with Crippen LogP contribution in [0.4, 0.5) is 10.1 Å². The molecule has 1 N–H and O–H groups in total. The highest BCUT2D eigenvalue weighted by Crippen LogP contribution is 2.26. The Hall–Kier alpha value is -1.62. The summed E-state index contributed by atoms with van der Waals surface area (Å²) < 4.78 is 13.7. The van der Waals surface area contributed by atoms with E-state index in [9.17, 15) is 9.18 Å². The highest BCUT2D eigenvalue weighted by atomic mass is 19.1. The van der Waals surface area contributed by atoms with E-state index in [-0.39, 0.29) is 11.7 Å². The number of anilines is 1. The average molecular weight is 336 g/mol. The molecule has 1 unspecified atom stereocenters. The number of benzene rings is 1. The van der Waals surface area contributed by atoms with Gasteiger partial charge >= 0.3 is 5.97 Å². The molecule has 0 saturated carbocycles. The number of likely N-dealkylation sites (tertiary alicyclic amines) is 1. The fourth-order valence-electron chi connectivity index (χ4n) is 3.33. The third kappa shape index (κ3) is 4.94. The first-order chi connectivity index (χ1) is 11.4. The van der Waals surface area contributed by atoms with E-state index < -0.39 is 5.97 Å². The third-order valence-electron chi connectivity index (χ3n) is 5.07. The van der Waals surface area contributed by atoms with Crippen LogP contribution in [0.2, 0.25) is 0 Å². The van der Waals surface area contributed by atoms with Crippen LogP contribution in [-0.2, 0) is 11.3 Å². The summed E-state index contributed by atoms with van der Waals surface area (Å²) in [6.45, 7) is 7.51. The van der Waals surface area contributed by atoms with Crippen molar-refractivity contribution in [2.75, 3.05) is 31.6 Å². The average Bonchev–Trinajstić information content (AvgIpc) is 2.55. The van der Waals surface area contributed by atoms with Crippen LogP contribution in [0, 0.1) is 17.7 Å². The molecule has 1 fully saturated rings. The number of halogens is 1. The van der Waals surface area contributed by atoms with Crippen LogP contribution < -0.4 is 4.90 Å². The van der Waals surface area contributed by atoms with Gasteiger partial charge in [-0.2, -0.15) is 0 Å². The van der Waals surface area contributed by atoms with Gasteiger partial charge in [-0.25, -0.2) is 4.39 Å². The summed E-state index contributed by atoms with van der Waals surface area (Å²) in [5.41, 5.74) is 2.05. The van der Waals surface area contributed by atoms with Gasteiger partial charge in [-0.05, 0) is 55.6 Å². The Morgan fingerprint density at radius 3 is 2.67 bits per heavy atom. The second-order valence-corrected chi connectivity index (χ2v) is 7.06. The van der Waals surface area contributed by atoms with E-state index in [0.717, 1.165) is 37.3 Å². The number of nitrogens with zero attached hydrogens (tertiary/aromatic N) is 2. The molecule has 1 aliphatic rings. The van der Waals surface area contributed by atoms with Gasteiger partial charge in [-0.3, -0.25) is 9.69 Å². The quantitative estimate of drug-likeness (QED) is 0.826. The molecule has 0 aliphatic carbocycles. The topological polar surface area (TPSA) is 43.8 Å². The SMILES string of the molecule is CCC(C)CN(C)c1ccc(F)cc1CN1CCC(C(=O)O)CC1. The maximum atomic E-state index is 13.7. The summed E-state index contributed by atoms with van der Waals surface area (Å²) >= 11 is 0. The number of hydrogen-bond acceptors (Lipinski definition) is 3. The summed E-state index contributed by atoms with van der Waals surface area (Å²) in [7, 11) is 2.06. The summed E-state index contributed by atoms with van der Waals surface area (Å²) in [4.78, 5) is 15.5. The van der Waals surface area contributed by atoms with Gasteiger partial charge < -0.3 is 10.0 Å². The van der Waals surface area contributed by atoms with Crippen LogP contribution in [0.3, 0.4) is 0 Å². The van der Waals surface area contributed by atoms with Crippen molar-refractivity contribution >= 4 is 11.7 Å². The summed E-state index contributed by atoms with van der Waals surface area (Å²) in [6, 6.07) is 4.99. The lowest BCUT2D eigenvalue weighted by Gasteiger charge is -2.32. The Labute approximate surface area is 144 Å². The lowest BCUT2D eigenvalue weighted by atomic mass is 9.96. The zero-order valence-electron chi connectivity index (χ0n) is 15.0. The first kappa shape index (κ1) is 18.7. The van der Waals surface area contributed by atoms with E-state index >= 15 is 0 Å². The van der Waals surface area contributed by atoms with Gasteiger partial charge in [0, 0.05) is 25.8 Å². The fraction of sp³-hybridized carbons (Fsp3) is 0.632. The van der Waals surface area contributed by atoms with Gasteiger partial charge in [0.25, 0.3) is 0 Å². The van der Waals surface area contributed by atoms with Crippen molar-refractivity contribution in [1.82, 2.24) is 4.90 Å².